The number of hydrogen-bond donors (Lipinski definition) is 0. The molecule has 1 aromatic heterocycles. The Morgan fingerprint density at radius 2 is 1.76 bits per heavy atom. The second-order valence-corrected chi connectivity index (χ2v) is 19.4. The Balaban J connectivity index is 1.28. The lowest BCUT2D eigenvalue weighted by molar-refractivity contribution is -0.0191. The predicted molar refractivity (Wildman–Crippen MR) is 153 cm³/mol. The first-order chi connectivity index (χ1) is 17.5. The molecule has 0 radical (unpaired) electrons. The van der Waals surface area contributed by atoms with Crippen LogP contribution >= 0.6 is 0 Å². The number of aromatic nitrogens is 1. The number of piperidine rings is 1. The van der Waals surface area contributed by atoms with E-state index in [9.17, 15) is 8.42 Å². The summed E-state index contributed by atoms with van der Waals surface area (Å²) in [5, 5.41) is 0. The fourth-order valence-corrected chi connectivity index (χ4v) is 9.80. The summed E-state index contributed by atoms with van der Waals surface area (Å²) in [5.74, 6) is 1.00. The Labute approximate surface area is 222 Å². The van der Waals surface area contributed by atoms with Crippen molar-refractivity contribution in [1.29, 1.82) is 0 Å². The van der Waals surface area contributed by atoms with Gasteiger partial charge in [0.15, 0.2) is 9.84 Å². The van der Waals surface area contributed by atoms with Gasteiger partial charge in [-0.1, -0.05) is 56.0 Å². The van der Waals surface area contributed by atoms with Crippen molar-refractivity contribution in [2.24, 2.45) is 0 Å². The molecule has 196 valence electrons. The molecule has 3 heterocycles. The van der Waals surface area contributed by atoms with Gasteiger partial charge < -0.3 is 9.64 Å². The molecule has 2 unspecified atom stereocenters. The smallest absolute Gasteiger partial charge is 0.160 e. The van der Waals surface area contributed by atoms with Crippen molar-refractivity contribution in [3.63, 3.8) is 0 Å². The van der Waals surface area contributed by atoms with Gasteiger partial charge >= 0.3 is 0 Å². The van der Waals surface area contributed by atoms with Gasteiger partial charge in [0, 0.05) is 24.8 Å². The molecule has 0 saturated carbocycles. The lowest BCUT2D eigenvalue weighted by Crippen LogP contribution is -2.60. The second-order valence-electron chi connectivity index (χ2n) is 12.0. The lowest BCUT2D eigenvalue weighted by Gasteiger charge is -2.51. The summed E-state index contributed by atoms with van der Waals surface area (Å²) in [6.45, 7) is 8.51. The number of pyridine rings is 1. The summed E-state index contributed by atoms with van der Waals surface area (Å²) in [6.07, 6.45) is 5.96. The van der Waals surface area contributed by atoms with Crippen LogP contribution in [0.2, 0.25) is 19.6 Å². The third kappa shape index (κ3) is 6.00. The summed E-state index contributed by atoms with van der Waals surface area (Å²) in [7, 11) is -2.32. The molecule has 0 N–H and O–H groups in total. The van der Waals surface area contributed by atoms with E-state index in [1.54, 1.807) is 18.3 Å². The van der Waals surface area contributed by atoms with Crippen molar-refractivity contribution >= 4 is 17.9 Å². The minimum Gasteiger partial charge on any atom is -0.487 e. The third-order valence-electron chi connectivity index (χ3n) is 8.02. The molecule has 0 aliphatic carbocycles. The van der Waals surface area contributed by atoms with Crippen molar-refractivity contribution in [1.82, 2.24) is 9.88 Å². The molecule has 1 saturated heterocycles. The summed E-state index contributed by atoms with van der Waals surface area (Å²) in [5.41, 5.74) is 5.49. The zero-order chi connectivity index (χ0) is 26.3. The maximum Gasteiger partial charge on any atom is 0.160 e. The van der Waals surface area contributed by atoms with Crippen molar-refractivity contribution in [3.05, 3.63) is 83.7 Å². The topological polar surface area (TPSA) is 59.5 Å². The summed E-state index contributed by atoms with van der Waals surface area (Å²) in [4.78, 5) is 6.71. The Bertz CT molecular complexity index is 1350. The summed E-state index contributed by atoms with van der Waals surface area (Å²) < 4.78 is 32.1. The van der Waals surface area contributed by atoms with E-state index in [2.05, 4.69) is 54.8 Å². The number of aryl methyl sites for hydroxylation is 1. The van der Waals surface area contributed by atoms with Crippen LogP contribution in [-0.2, 0) is 27.8 Å². The highest BCUT2D eigenvalue weighted by Crippen LogP contribution is 2.43. The summed E-state index contributed by atoms with van der Waals surface area (Å²) >= 11 is 0. The van der Waals surface area contributed by atoms with Crippen LogP contribution in [-0.4, -0.2) is 51.2 Å². The monoisotopic (exact) mass is 534 g/mol. The number of likely N-dealkylation sites (tertiary alicyclic amines) is 1. The number of ether oxygens (including phenoxy) is 1. The standard InChI is InChI=1S/C30H38N2O3SSi/c1-32-18-16-30(20-29(32)37(2,3)4)15-14-26-19-25(12-13-28(26)35-30)24-10-8-23(9-11-24)21-36(33,34)22-27-7-5-6-17-31-27/h5-13,17,19,29H,14-16,18,20-22H2,1-4H3. The largest absolute Gasteiger partial charge is 0.487 e. The van der Waals surface area contributed by atoms with Gasteiger partial charge in [0.05, 0.1) is 25.3 Å². The van der Waals surface area contributed by atoms with Gasteiger partial charge in [-0.3, -0.25) is 4.98 Å². The van der Waals surface area contributed by atoms with Crippen LogP contribution in [0.5, 0.6) is 5.75 Å². The minimum atomic E-state index is -3.29. The van der Waals surface area contributed by atoms with Crippen molar-refractivity contribution in [2.75, 3.05) is 13.6 Å². The van der Waals surface area contributed by atoms with Gasteiger partial charge in [0.1, 0.15) is 11.4 Å². The number of benzene rings is 2. The number of rotatable bonds is 6. The van der Waals surface area contributed by atoms with E-state index in [1.807, 2.05) is 30.3 Å². The fourth-order valence-electron chi connectivity index (χ4n) is 5.94. The molecule has 3 aromatic rings. The molecule has 1 fully saturated rings. The van der Waals surface area contributed by atoms with E-state index in [-0.39, 0.29) is 17.1 Å². The van der Waals surface area contributed by atoms with Crippen LogP contribution in [0.15, 0.2) is 66.9 Å². The van der Waals surface area contributed by atoms with E-state index in [4.69, 9.17) is 4.74 Å². The Morgan fingerprint density at radius 1 is 1.00 bits per heavy atom. The average molecular weight is 535 g/mol. The Morgan fingerprint density at radius 3 is 2.46 bits per heavy atom. The summed E-state index contributed by atoms with van der Waals surface area (Å²) in [6, 6.07) is 19.8. The van der Waals surface area contributed by atoms with Crippen LogP contribution in [0, 0.1) is 0 Å². The van der Waals surface area contributed by atoms with Crippen molar-refractivity contribution in [2.45, 2.75) is 68.1 Å². The van der Waals surface area contributed by atoms with Crippen LogP contribution in [0.1, 0.15) is 36.1 Å². The van der Waals surface area contributed by atoms with Gasteiger partial charge in [-0.05, 0) is 72.8 Å². The van der Waals surface area contributed by atoms with Crippen LogP contribution in [0.3, 0.4) is 0 Å². The molecule has 5 nitrogen and oxygen atoms in total. The third-order valence-corrected chi connectivity index (χ3v) is 12.2. The zero-order valence-electron chi connectivity index (χ0n) is 22.4. The first kappa shape index (κ1) is 26.1. The number of fused-ring (bicyclic) bond motifs is 1. The molecule has 7 heteroatoms. The van der Waals surface area contributed by atoms with Crippen molar-refractivity contribution in [3.8, 4) is 16.9 Å². The van der Waals surface area contributed by atoms with Gasteiger partial charge in [-0.25, -0.2) is 8.42 Å². The molecule has 2 atom stereocenters. The van der Waals surface area contributed by atoms with Crippen LogP contribution in [0.4, 0.5) is 0 Å². The highest BCUT2D eigenvalue weighted by Gasteiger charge is 2.46. The fraction of sp³-hybridized carbons (Fsp3) is 0.433. The molecule has 0 amide bonds. The van der Waals surface area contributed by atoms with E-state index < -0.39 is 17.9 Å². The first-order valence-corrected chi connectivity index (χ1v) is 18.6. The maximum absolute atomic E-state index is 12.7. The van der Waals surface area contributed by atoms with E-state index in [0.29, 0.717) is 11.4 Å². The number of sulfone groups is 1. The Hall–Kier alpha value is -2.48. The predicted octanol–water partition coefficient (Wildman–Crippen LogP) is 5.90. The molecule has 37 heavy (non-hydrogen) atoms. The molecular formula is C30H38N2O3SSi. The highest BCUT2D eigenvalue weighted by molar-refractivity contribution is 7.89. The second kappa shape index (κ2) is 10.0. The lowest BCUT2D eigenvalue weighted by atomic mass is 9.82. The highest BCUT2D eigenvalue weighted by atomic mass is 32.2. The Kier molecular flexibility index (Phi) is 7.07. The minimum absolute atomic E-state index is 0.0115. The first-order valence-electron chi connectivity index (χ1n) is 13.2. The van der Waals surface area contributed by atoms with E-state index in [1.165, 1.54) is 5.56 Å². The van der Waals surface area contributed by atoms with E-state index in [0.717, 1.165) is 54.7 Å². The number of hydrogen-bond acceptors (Lipinski definition) is 5. The zero-order valence-corrected chi connectivity index (χ0v) is 24.2. The van der Waals surface area contributed by atoms with Gasteiger partial charge in [0.25, 0.3) is 0 Å². The van der Waals surface area contributed by atoms with Crippen LogP contribution in [0.25, 0.3) is 11.1 Å². The van der Waals surface area contributed by atoms with Gasteiger partial charge in [-0.2, -0.15) is 0 Å². The normalized spacial score (nSPS) is 22.4. The van der Waals surface area contributed by atoms with E-state index >= 15 is 0 Å². The van der Waals surface area contributed by atoms with Crippen LogP contribution < -0.4 is 4.74 Å². The molecule has 2 aromatic carbocycles. The molecule has 5 rings (SSSR count). The quantitative estimate of drug-likeness (QED) is 0.369. The van der Waals surface area contributed by atoms with Gasteiger partial charge in [-0.15, -0.1) is 0 Å². The molecular weight excluding hydrogens is 496 g/mol. The molecule has 0 bridgehead atoms. The number of nitrogens with zero attached hydrogens (tertiary/aromatic N) is 2. The molecule has 1 spiro atoms. The van der Waals surface area contributed by atoms with Crippen molar-refractivity contribution < 1.29 is 13.2 Å². The SMILES string of the molecule is CN1CCC2(CCc3cc(-c4ccc(CS(=O)(=O)Cc5ccccn5)cc4)ccc3O2)CC1[Si](C)(C)C. The maximum atomic E-state index is 12.7. The molecule has 2 aliphatic heterocycles. The molecule has 2 aliphatic rings. The van der Waals surface area contributed by atoms with Gasteiger partial charge in [0.2, 0.25) is 0 Å². The average Bonchev–Trinajstić information content (AvgIpc) is 2.85.